The Hall–Kier alpha value is -2.02. The molecule has 118 valence electrons. The highest BCUT2D eigenvalue weighted by Crippen LogP contribution is 2.23. The SMILES string of the molecule is CCc1cccc(C)c1NC(=O)C(C)Sc1c(=O)o[nH][n+]1C. The molecule has 0 radical (unpaired) electrons. The van der Waals surface area contributed by atoms with Crippen LogP contribution in [0.1, 0.15) is 25.0 Å². The highest BCUT2D eigenvalue weighted by atomic mass is 32.2. The third-order valence-corrected chi connectivity index (χ3v) is 4.63. The van der Waals surface area contributed by atoms with Gasteiger partial charge in [-0.1, -0.05) is 29.8 Å². The van der Waals surface area contributed by atoms with Gasteiger partial charge in [-0.25, -0.2) is 4.79 Å². The number of hydrogen-bond donors (Lipinski definition) is 2. The fourth-order valence-corrected chi connectivity index (χ4v) is 2.94. The molecule has 1 unspecified atom stereocenters. The van der Waals surface area contributed by atoms with Gasteiger partial charge in [-0.05, 0) is 48.4 Å². The zero-order chi connectivity index (χ0) is 16.3. The van der Waals surface area contributed by atoms with Gasteiger partial charge in [0.25, 0.3) is 0 Å². The normalized spacial score (nSPS) is 12.2. The van der Waals surface area contributed by atoms with Crippen molar-refractivity contribution < 1.29 is 14.0 Å². The quantitative estimate of drug-likeness (QED) is 0.650. The molecular weight excluding hydrogens is 302 g/mol. The van der Waals surface area contributed by atoms with Crippen LogP contribution in [0.4, 0.5) is 5.69 Å². The minimum Gasteiger partial charge on any atom is -0.325 e. The molecule has 1 aromatic carbocycles. The molecule has 1 aromatic heterocycles. The fraction of sp³-hybridized carbons (Fsp3) is 0.400. The molecule has 0 saturated carbocycles. The summed E-state index contributed by atoms with van der Waals surface area (Å²) in [6.45, 7) is 5.78. The minimum absolute atomic E-state index is 0.144. The van der Waals surface area contributed by atoms with Crippen LogP contribution in [0.3, 0.4) is 0 Å². The summed E-state index contributed by atoms with van der Waals surface area (Å²) in [5.41, 5.74) is 2.50. The van der Waals surface area contributed by atoms with E-state index in [1.807, 2.05) is 32.0 Å². The zero-order valence-electron chi connectivity index (χ0n) is 13.1. The van der Waals surface area contributed by atoms with Crippen molar-refractivity contribution in [2.45, 2.75) is 37.5 Å². The van der Waals surface area contributed by atoms with Crippen LogP contribution >= 0.6 is 11.8 Å². The summed E-state index contributed by atoms with van der Waals surface area (Å²) in [5.74, 6) is -0.144. The summed E-state index contributed by atoms with van der Waals surface area (Å²) in [7, 11) is 1.66. The largest absolute Gasteiger partial charge is 0.441 e. The number of nitrogens with one attached hydrogen (secondary N) is 2. The van der Waals surface area contributed by atoms with Gasteiger partial charge in [0.05, 0.1) is 5.25 Å². The number of rotatable bonds is 5. The van der Waals surface area contributed by atoms with Crippen molar-refractivity contribution in [3.63, 3.8) is 0 Å². The Morgan fingerprint density at radius 3 is 2.82 bits per heavy atom. The van der Waals surface area contributed by atoms with Gasteiger partial charge in [0.2, 0.25) is 5.91 Å². The minimum atomic E-state index is -0.475. The number of aromatic nitrogens is 2. The van der Waals surface area contributed by atoms with E-state index < -0.39 is 10.9 Å². The van der Waals surface area contributed by atoms with Gasteiger partial charge < -0.3 is 5.32 Å². The molecule has 6 nitrogen and oxygen atoms in total. The molecule has 1 atom stereocenters. The van der Waals surface area contributed by atoms with E-state index >= 15 is 0 Å². The Bertz CT molecular complexity index is 736. The molecule has 2 N–H and O–H groups in total. The summed E-state index contributed by atoms with van der Waals surface area (Å²) < 4.78 is 6.14. The van der Waals surface area contributed by atoms with E-state index in [9.17, 15) is 9.59 Å². The summed E-state index contributed by atoms with van der Waals surface area (Å²) >= 11 is 1.16. The molecule has 0 fully saturated rings. The summed E-state index contributed by atoms with van der Waals surface area (Å²) in [5, 5.41) is 5.35. The smallest absolute Gasteiger partial charge is 0.325 e. The van der Waals surface area contributed by atoms with E-state index in [4.69, 9.17) is 0 Å². The maximum absolute atomic E-state index is 12.4. The Labute approximate surface area is 132 Å². The topological polar surface area (TPSA) is 79.0 Å². The molecule has 1 heterocycles. The van der Waals surface area contributed by atoms with Crippen LogP contribution in [-0.2, 0) is 18.3 Å². The fourth-order valence-electron chi connectivity index (χ4n) is 2.11. The number of aryl methyl sites for hydroxylation is 3. The molecule has 2 aromatic rings. The number of para-hydroxylation sites is 1. The van der Waals surface area contributed by atoms with Crippen molar-refractivity contribution >= 4 is 23.4 Å². The number of carbonyl (C=O) groups is 1. The maximum Gasteiger partial charge on any atom is 0.441 e. The number of thioether (sulfide) groups is 1. The highest BCUT2D eigenvalue weighted by molar-refractivity contribution is 8.00. The number of H-pyrrole nitrogens is 1. The zero-order valence-corrected chi connectivity index (χ0v) is 13.9. The Morgan fingerprint density at radius 1 is 1.50 bits per heavy atom. The van der Waals surface area contributed by atoms with Crippen LogP contribution in [0.2, 0.25) is 0 Å². The van der Waals surface area contributed by atoms with Crippen LogP contribution < -0.4 is 15.6 Å². The molecule has 0 aliphatic heterocycles. The number of nitrogens with zero attached hydrogens (tertiary/aromatic N) is 1. The number of hydrogen-bond acceptors (Lipinski definition) is 4. The van der Waals surface area contributed by atoms with E-state index in [0.717, 1.165) is 35.0 Å². The van der Waals surface area contributed by atoms with Gasteiger partial charge in [0, 0.05) is 5.69 Å². The maximum atomic E-state index is 12.4. The molecule has 0 spiro atoms. The van der Waals surface area contributed by atoms with E-state index in [0.29, 0.717) is 5.03 Å². The van der Waals surface area contributed by atoms with E-state index in [-0.39, 0.29) is 5.91 Å². The van der Waals surface area contributed by atoms with Gasteiger partial charge in [-0.2, -0.15) is 0 Å². The molecule has 0 bridgehead atoms. The lowest BCUT2D eigenvalue weighted by atomic mass is 10.1. The van der Waals surface area contributed by atoms with Crippen molar-refractivity contribution in [3.05, 3.63) is 39.7 Å². The van der Waals surface area contributed by atoms with Gasteiger partial charge in [-0.3, -0.25) is 9.32 Å². The lowest BCUT2D eigenvalue weighted by Crippen LogP contribution is -2.35. The molecule has 0 aliphatic rings. The van der Waals surface area contributed by atoms with Crippen LogP contribution in [0, 0.1) is 6.92 Å². The number of aromatic amines is 1. The first-order valence-corrected chi connectivity index (χ1v) is 7.95. The first kappa shape index (κ1) is 16.4. The molecule has 7 heteroatoms. The van der Waals surface area contributed by atoms with Gasteiger partial charge in [0.1, 0.15) is 0 Å². The molecule has 0 saturated heterocycles. The van der Waals surface area contributed by atoms with Crippen molar-refractivity contribution in [3.8, 4) is 0 Å². The number of amides is 1. The third kappa shape index (κ3) is 3.41. The lowest BCUT2D eigenvalue weighted by molar-refractivity contribution is -0.772. The number of carbonyl (C=O) groups excluding carboxylic acids is 1. The second kappa shape index (κ2) is 6.83. The van der Waals surface area contributed by atoms with Gasteiger partial charge in [-0.15, -0.1) is 0 Å². The molecule has 1 amide bonds. The highest BCUT2D eigenvalue weighted by Gasteiger charge is 2.25. The molecule has 0 aliphatic carbocycles. The predicted molar refractivity (Wildman–Crippen MR) is 85.0 cm³/mol. The summed E-state index contributed by atoms with van der Waals surface area (Å²) in [6.07, 6.45) is 0.842. The monoisotopic (exact) mass is 322 g/mol. The first-order chi connectivity index (χ1) is 10.4. The van der Waals surface area contributed by atoms with Crippen LogP contribution in [-0.4, -0.2) is 16.4 Å². The van der Waals surface area contributed by atoms with Crippen LogP contribution in [0.5, 0.6) is 0 Å². The second-order valence-electron chi connectivity index (χ2n) is 5.06. The predicted octanol–water partition coefficient (Wildman–Crippen LogP) is 1.78. The van der Waals surface area contributed by atoms with Crippen molar-refractivity contribution in [2.75, 3.05) is 5.32 Å². The van der Waals surface area contributed by atoms with Gasteiger partial charge in [0.15, 0.2) is 7.05 Å². The Balaban J connectivity index is 2.14. The van der Waals surface area contributed by atoms with Crippen LogP contribution in [0.15, 0.2) is 32.5 Å². The summed E-state index contributed by atoms with van der Waals surface area (Å²) in [6, 6.07) is 5.95. The van der Waals surface area contributed by atoms with Crippen molar-refractivity contribution in [2.24, 2.45) is 7.05 Å². The van der Waals surface area contributed by atoms with E-state index in [1.165, 1.54) is 4.68 Å². The average Bonchev–Trinajstić information content (AvgIpc) is 2.81. The van der Waals surface area contributed by atoms with Gasteiger partial charge >= 0.3 is 10.7 Å². The van der Waals surface area contributed by atoms with Crippen molar-refractivity contribution in [1.29, 1.82) is 0 Å². The average molecular weight is 322 g/mol. The molecular formula is C15H20N3O3S+. The molecule has 2 rings (SSSR count). The number of anilines is 1. The standard InChI is InChI=1S/C15H19N3O3S/c1-5-11-8-6-7-9(2)12(11)16-13(19)10(3)22-14-15(20)21-17-18(14)4/h6-8,10H,5H2,1-4H3,(H-,16,17,19,20)/p+1. The Kier molecular flexibility index (Phi) is 5.07. The first-order valence-electron chi connectivity index (χ1n) is 7.07. The van der Waals surface area contributed by atoms with Crippen molar-refractivity contribution in [1.82, 2.24) is 5.27 Å². The molecule has 22 heavy (non-hydrogen) atoms. The van der Waals surface area contributed by atoms with Crippen LogP contribution in [0.25, 0.3) is 0 Å². The van der Waals surface area contributed by atoms with E-state index in [2.05, 4.69) is 15.1 Å². The third-order valence-electron chi connectivity index (χ3n) is 3.40. The second-order valence-corrected chi connectivity index (χ2v) is 6.39. The number of benzene rings is 1. The summed E-state index contributed by atoms with van der Waals surface area (Å²) in [4.78, 5) is 23.9. The Morgan fingerprint density at radius 2 is 2.23 bits per heavy atom. The lowest BCUT2D eigenvalue weighted by Gasteiger charge is -2.15. The van der Waals surface area contributed by atoms with E-state index in [1.54, 1.807) is 14.0 Å².